The van der Waals surface area contributed by atoms with E-state index in [0.29, 0.717) is 24.7 Å². The minimum Gasteiger partial charge on any atom is -0.491 e. The van der Waals surface area contributed by atoms with E-state index in [0.717, 1.165) is 24.2 Å². The van der Waals surface area contributed by atoms with Gasteiger partial charge in [-0.25, -0.2) is 0 Å². The van der Waals surface area contributed by atoms with Gasteiger partial charge in [-0.15, -0.1) is 0 Å². The van der Waals surface area contributed by atoms with Crippen molar-refractivity contribution in [3.05, 3.63) is 54.1 Å². The molecule has 0 fully saturated rings. The first-order valence-corrected chi connectivity index (χ1v) is 8.12. The predicted octanol–water partition coefficient (Wildman–Crippen LogP) is 2.44. The summed E-state index contributed by atoms with van der Waals surface area (Å²) in [7, 11) is 0. The average Bonchev–Trinajstić information content (AvgIpc) is 2.63. The van der Waals surface area contributed by atoms with Gasteiger partial charge >= 0.3 is 0 Å². The van der Waals surface area contributed by atoms with Crippen LogP contribution in [0, 0.1) is 0 Å². The lowest BCUT2D eigenvalue weighted by Gasteiger charge is -2.13. The molecule has 0 aliphatic rings. The molecule has 0 amide bonds. The fraction of sp³-hybridized carbons (Fsp3) is 0.368. The smallest absolute Gasteiger partial charge is 0.161 e. The number of benzene rings is 2. The van der Waals surface area contributed by atoms with E-state index < -0.39 is 0 Å². The van der Waals surface area contributed by atoms with Gasteiger partial charge in [-0.1, -0.05) is 30.3 Å². The molecule has 0 aliphatic heterocycles. The fourth-order valence-electron chi connectivity index (χ4n) is 2.30. The van der Waals surface area contributed by atoms with Gasteiger partial charge in [0.1, 0.15) is 19.0 Å². The largest absolute Gasteiger partial charge is 0.491 e. The summed E-state index contributed by atoms with van der Waals surface area (Å²) < 4.78 is 16.8. The molecule has 0 heterocycles. The van der Waals surface area contributed by atoms with Crippen molar-refractivity contribution < 1.29 is 24.4 Å². The molecule has 2 rings (SSSR count). The van der Waals surface area contributed by atoms with Gasteiger partial charge in [0.2, 0.25) is 0 Å². The molecule has 0 saturated heterocycles. The van der Waals surface area contributed by atoms with Crippen molar-refractivity contribution in [2.75, 3.05) is 33.0 Å². The van der Waals surface area contributed by atoms with Crippen LogP contribution in [0.3, 0.4) is 0 Å². The molecule has 0 aromatic heterocycles. The molecule has 0 atom stereocenters. The number of aliphatic hydroxyl groups is 2. The van der Waals surface area contributed by atoms with E-state index in [9.17, 15) is 0 Å². The van der Waals surface area contributed by atoms with Crippen LogP contribution in [0.2, 0.25) is 0 Å². The van der Waals surface area contributed by atoms with Gasteiger partial charge in [-0.3, -0.25) is 0 Å². The third kappa shape index (κ3) is 5.76. The molecular formula is C19H24O5. The molecule has 0 unspecified atom stereocenters. The maximum absolute atomic E-state index is 8.87. The summed E-state index contributed by atoms with van der Waals surface area (Å²) in [5, 5.41) is 17.7. The Morgan fingerprint density at radius 3 is 1.75 bits per heavy atom. The van der Waals surface area contributed by atoms with Gasteiger partial charge in [0.05, 0.1) is 19.8 Å². The van der Waals surface area contributed by atoms with E-state index in [4.69, 9.17) is 24.4 Å². The second-order valence-corrected chi connectivity index (χ2v) is 5.15. The van der Waals surface area contributed by atoms with Crippen LogP contribution in [-0.2, 0) is 6.42 Å². The summed E-state index contributed by atoms with van der Waals surface area (Å²) in [5.41, 5.74) is 1.10. The zero-order valence-electron chi connectivity index (χ0n) is 13.7. The molecule has 24 heavy (non-hydrogen) atoms. The lowest BCUT2D eigenvalue weighted by molar-refractivity contribution is 0.193. The van der Waals surface area contributed by atoms with Crippen molar-refractivity contribution in [3.63, 3.8) is 0 Å². The number of hydrogen-bond donors (Lipinski definition) is 2. The number of rotatable bonds is 11. The van der Waals surface area contributed by atoms with E-state index in [1.54, 1.807) is 0 Å². The summed E-state index contributed by atoms with van der Waals surface area (Å²) in [4.78, 5) is 0. The Bertz CT molecular complexity index is 546. The Morgan fingerprint density at radius 2 is 1.12 bits per heavy atom. The molecule has 2 aromatic rings. The Hall–Kier alpha value is -2.24. The zero-order valence-corrected chi connectivity index (χ0v) is 13.7. The van der Waals surface area contributed by atoms with Crippen LogP contribution in [0.5, 0.6) is 17.2 Å². The van der Waals surface area contributed by atoms with Crippen LogP contribution in [0.25, 0.3) is 0 Å². The molecule has 130 valence electrons. The molecule has 0 radical (unpaired) electrons. The molecule has 0 spiro atoms. The molecule has 2 aromatic carbocycles. The molecule has 0 aliphatic carbocycles. The Kier molecular flexibility index (Phi) is 7.93. The summed E-state index contributed by atoms with van der Waals surface area (Å²) in [6, 6.07) is 15.2. The van der Waals surface area contributed by atoms with Crippen LogP contribution in [0.15, 0.2) is 48.5 Å². The summed E-state index contributed by atoms with van der Waals surface area (Å²) >= 11 is 0. The summed E-state index contributed by atoms with van der Waals surface area (Å²) in [5.74, 6) is 2.12. The summed E-state index contributed by atoms with van der Waals surface area (Å²) in [6.07, 6.45) is 1.65. The van der Waals surface area contributed by atoms with Crippen LogP contribution in [0.1, 0.15) is 12.0 Å². The topological polar surface area (TPSA) is 68.2 Å². The summed E-state index contributed by atoms with van der Waals surface area (Å²) in [6.45, 7) is 1.06. The van der Waals surface area contributed by atoms with Gasteiger partial charge in [0, 0.05) is 0 Å². The van der Waals surface area contributed by atoms with Crippen LogP contribution >= 0.6 is 0 Å². The first-order valence-electron chi connectivity index (χ1n) is 8.12. The van der Waals surface area contributed by atoms with Gasteiger partial charge in [0.15, 0.2) is 11.5 Å². The normalized spacial score (nSPS) is 10.4. The minimum absolute atomic E-state index is 0.00205. The molecule has 5 nitrogen and oxygen atoms in total. The third-order valence-corrected chi connectivity index (χ3v) is 3.37. The minimum atomic E-state index is -0.0288. The second kappa shape index (κ2) is 10.5. The average molecular weight is 332 g/mol. The van der Waals surface area contributed by atoms with Crippen LogP contribution in [0.4, 0.5) is 0 Å². The number of aryl methyl sites for hydroxylation is 1. The van der Waals surface area contributed by atoms with Gasteiger partial charge < -0.3 is 24.4 Å². The van der Waals surface area contributed by atoms with Crippen molar-refractivity contribution >= 4 is 0 Å². The van der Waals surface area contributed by atoms with Gasteiger partial charge in [-0.2, -0.15) is 0 Å². The quantitative estimate of drug-likeness (QED) is 0.619. The van der Waals surface area contributed by atoms with Crippen LogP contribution in [-0.4, -0.2) is 43.2 Å². The lowest BCUT2D eigenvalue weighted by atomic mass is 10.1. The van der Waals surface area contributed by atoms with E-state index >= 15 is 0 Å². The Labute approximate surface area is 142 Å². The van der Waals surface area contributed by atoms with Crippen molar-refractivity contribution in [1.82, 2.24) is 0 Å². The van der Waals surface area contributed by atoms with E-state index in [1.807, 2.05) is 48.5 Å². The fourth-order valence-corrected chi connectivity index (χ4v) is 2.30. The first-order chi connectivity index (χ1) is 11.8. The first kappa shape index (κ1) is 18.1. The van der Waals surface area contributed by atoms with Crippen molar-refractivity contribution in [2.24, 2.45) is 0 Å². The van der Waals surface area contributed by atoms with Crippen molar-refractivity contribution in [1.29, 1.82) is 0 Å². The predicted molar refractivity (Wildman–Crippen MR) is 91.9 cm³/mol. The SMILES string of the molecule is OCCOc1ccccc1CCCOc1ccccc1OCCO. The maximum Gasteiger partial charge on any atom is 0.161 e. The second-order valence-electron chi connectivity index (χ2n) is 5.15. The highest BCUT2D eigenvalue weighted by molar-refractivity contribution is 5.39. The number of aliphatic hydroxyl groups excluding tert-OH is 2. The molecule has 2 N–H and O–H groups in total. The maximum atomic E-state index is 8.87. The standard InChI is InChI=1S/C19H24O5/c20-11-14-23-17-8-2-1-6-16(17)7-5-13-22-18-9-3-4-10-19(18)24-15-12-21/h1-4,6,8-10,20-21H,5,7,11-15H2. The highest BCUT2D eigenvalue weighted by Gasteiger charge is 2.06. The van der Waals surface area contributed by atoms with Crippen LogP contribution < -0.4 is 14.2 Å². The third-order valence-electron chi connectivity index (χ3n) is 3.37. The molecule has 5 heteroatoms. The highest BCUT2D eigenvalue weighted by Crippen LogP contribution is 2.27. The van der Waals surface area contributed by atoms with E-state index in [-0.39, 0.29) is 19.8 Å². The molecule has 0 saturated carbocycles. The lowest BCUT2D eigenvalue weighted by Crippen LogP contribution is -2.06. The monoisotopic (exact) mass is 332 g/mol. The van der Waals surface area contributed by atoms with E-state index in [1.165, 1.54) is 0 Å². The molecular weight excluding hydrogens is 308 g/mol. The van der Waals surface area contributed by atoms with Gasteiger partial charge in [-0.05, 0) is 36.6 Å². The van der Waals surface area contributed by atoms with E-state index in [2.05, 4.69) is 0 Å². The van der Waals surface area contributed by atoms with Crippen molar-refractivity contribution in [3.8, 4) is 17.2 Å². The van der Waals surface area contributed by atoms with Crippen molar-refractivity contribution in [2.45, 2.75) is 12.8 Å². The highest BCUT2D eigenvalue weighted by atomic mass is 16.5. The Balaban J connectivity index is 1.83. The number of para-hydroxylation sites is 3. The number of hydrogen-bond acceptors (Lipinski definition) is 5. The van der Waals surface area contributed by atoms with Gasteiger partial charge in [0.25, 0.3) is 0 Å². The zero-order chi connectivity index (χ0) is 17.0. The Morgan fingerprint density at radius 1 is 0.625 bits per heavy atom. The molecule has 0 bridgehead atoms. The number of ether oxygens (including phenoxy) is 3.